The molecule has 38 heavy (non-hydrogen) atoms. The van der Waals surface area contributed by atoms with Gasteiger partial charge in [-0.1, -0.05) is 63.6 Å². The molecule has 0 aliphatic rings. The molecule has 3 rings (SSSR count). The summed E-state index contributed by atoms with van der Waals surface area (Å²) in [6.45, 7) is 14.8. The maximum atomic E-state index is 11.0. The second-order valence-electron chi connectivity index (χ2n) is 9.52. The number of rotatable bonds is 10. The van der Waals surface area contributed by atoms with Crippen LogP contribution in [0.5, 0.6) is 5.75 Å². The lowest BCUT2D eigenvalue weighted by Gasteiger charge is -2.22. The first-order valence-corrected chi connectivity index (χ1v) is 15.5. The van der Waals surface area contributed by atoms with E-state index < -0.39 is 9.84 Å². The largest absolute Gasteiger partial charge is 0.507 e. The lowest BCUT2D eigenvalue weighted by atomic mass is 10.0. The van der Waals surface area contributed by atoms with E-state index in [4.69, 9.17) is 0 Å². The molecule has 1 heterocycles. The van der Waals surface area contributed by atoms with E-state index in [-0.39, 0.29) is 10.6 Å². The number of hydrogen-bond donors (Lipinski definition) is 2. The number of aromatic hydroxyl groups is 1. The summed E-state index contributed by atoms with van der Waals surface area (Å²) in [4.78, 5) is -0.0203. The van der Waals surface area contributed by atoms with Crippen LogP contribution in [0.2, 0.25) is 0 Å². The zero-order valence-electron chi connectivity index (χ0n) is 23.3. The molecule has 0 bridgehead atoms. The third-order valence-electron chi connectivity index (χ3n) is 6.12. The minimum Gasteiger partial charge on any atom is -0.507 e. The number of nitrogens with zero attached hydrogens (tertiary/aromatic N) is 2. The summed E-state index contributed by atoms with van der Waals surface area (Å²) in [5.74, 6) is 0.797. The van der Waals surface area contributed by atoms with Crippen molar-refractivity contribution in [3.05, 3.63) is 88.2 Å². The molecule has 0 spiro atoms. The van der Waals surface area contributed by atoms with Gasteiger partial charge in [0.2, 0.25) is 0 Å². The van der Waals surface area contributed by atoms with Crippen molar-refractivity contribution >= 4 is 37.2 Å². The Hall–Kier alpha value is -2.84. The van der Waals surface area contributed by atoms with Gasteiger partial charge in [0.05, 0.1) is 16.4 Å². The monoisotopic (exact) mass is 601 g/mol. The first-order valence-electron chi connectivity index (χ1n) is 12.8. The second kappa shape index (κ2) is 14.4. The molecule has 0 fully saturated rings. The van der Waals surface area contributed by atoms with E-state index in [1.54, 1.807) is 13.0 Å². The quantitative estimate of drug-likeness (QED) is 0.236. The number of halogens is 1. The molecule has 2 aromatic carbocycles. The topological polar surface area (TPSA) is 84.2 Å². The van der Waals surface area contributed by atoms with Gasteiger partial charge < -0.3 is 10.4 Å². The number of phenols is 1. The Balaban J connectivity index is 0.000000352. The van der Waals surface area contributed by atoms with Crippen molar-refractivity contribution in [3.8, 4) is 5.75 Å². The molecular weight excluding hydrogens is 562 g/mol. The predicted octanol–water partition coefficient (Wildman–Crippen LogP) is 7.44. The number of allylic oxidation sites excluding steroid dienone is 2. The van der Waals surface area contributed by atoms with Crippen molar-refractivity contribution in [2.75, 3.05) is 6.26 Å². The molecule has 0 amide bonds. The number of nitrogens with one attached hydrogen (secondary N) is 1. The van der Waals surface area contributed by atoms with Gasteiger partial charge in [0, 0.05) is 12.3 Å². The van der Waals surface area contributed by atoms with E-state index in [1.807, 2.05) is 10.9 Å². The summed E-state index contributed by atoms with van der Waals surface area (Å²) in [7, 11) is -3.30. The van der Waals surface area contributed by atoms with E-state index in [0.29, 0.717) is 6.04 Å². The highest BCUT2D eigenvalue weighted by molar-refractivity contribution is 9.10. The highest BCUT2D eigenvalue weighted by Gasteiger charge is 2.15. The molecule has 6 nitrogen and oxygen atoms in total. The van der Waals surface area contributed by atoms with E-state index >= 15 is 0 Å². The summed E-state index contributed by atoms with van der Waals surface area (Å²) in [5, 5.41) is 17.5. The van der Waals surface area contributed by atoms with Gasteiger partial charge in [0.1, 0.15) is 16.5 Å². The van der Waals surface area contributed by atoms with Crippen LogP contribution in [0.15, 0.2) is 70.7 Å². The fraction of sp³-hybridized carbons (Fsp3) is 0.367. The zero-order valence-corrected chi connectivity index (χ0v) is 25.7. The molecule has 0 radical (unpaired) electrons. The van der Waals surface area contributed by atoms with Gasteiger partial charge in [-0.15, -0.1) is 0 Å². The summed E-state index contributed by atoms with van der Waals surface area (Å²) < 4.78 is 25.0. The fourth-order valence-corrected chi connectivity index (χ4v) is 5.12. The number of sulfone groups is 1. The van der Waals surface area contributed by atoms with Gasteiger partial charge in [-0.05, 0) is 90.0 Å². The average Bonchev–Trinajstić information content (AvgIpc) is 3.16. The molecule has 2 N–H and O–H groups in total. The predicted molar refractivity (Wildman–Crippen MR) is 162 cm³/mol. The molecule has 0 saturated carbocycles. The summed E-state index contributed by atoms with van der Waals surface area (Å²) in [5.41, 5.74) is 5.29. The fourth-order valence-electron chi connectivity index (χ4n) is 4.11. The Morgan fingerprint density at radius 3 is 2.26 bits per heavy atom. The van der Waals surface area contributed by atoms with Crippen LogP contribution >= 0.6 is 15.9 Å². The van der Waals surface area contributed by atoms with E-state index in [9.17, 15) is 13.5 Å². The van der Waals surface area contributed by atoms with Crippen LogP contribution in [0.1, 0.15) is 61.9 Å². The van der Waals surface area contributed by atoms with Crippen molar-refractivity contribution in [2.24, 2.45) is 0 Å². The molecule has 0 aliphatic heterocycles. The van der Waals surface area contributed by atoms with Gasteiger partial charge in [-0.2, -0.15) is 5.10 Å². The Labute approximate surface area is 236 Å². The maximum absolute atomic E-state index is 11.0. The molecule has 1 aromatic heterocycles. The first kappa shape index (κ1) is 31.4. The van der Waals surface area contributed by atoms with Crippen LogP contribution in [0, 0.1) is 20.8 Å². The van der Waals surface area contributed by atoms with Gasteiger partial charge >= 0.3 is 0 Å². The Morgan fingerprint density at radius 1 is 1.13 bits per heavy atom. The summed E-state index contributed by atoms with van der Waals surface area (Å²) in [6.07, 6.45) is 9.63. The van der Waals surface area contributed by atoms with Crippen molar-refractivity contribution in [1.29, 1.82) is 0 Å². The number of hydrogen-bond acceptors (Lipinski definition) is 5. The van der Waals surface area contributed by atoms with Crippen LogP contribution in [0.25, 0.3) is 11.4 Å². The van der Waals surface area contributed by atoms with Crippen molar-refractivity contribution in [1.82, 2.24) is 15.1 Å². The number of benzene rings is 2. The third-order valence-corrected chi connectivity index (χ3v) is 8.04. The first-order chi connectivity index (χ1) is 17.9. The minimum atomic E-state index is -3.30. The lowest BCUT2D eigenvalue weighted by Crippen LogP contribution is -2.30. The van der Waals surface area contributed by atoms with E-state index in [1.165, 1.54) is 23.3 Å². The Bertz CT molecular complexity index is 1370. The summed E-state index contributed by atoms with van der Waals surface area (Å²) >= 11 is 3.57. The highest BCUT2D eigenvalue weighted by Crippen LogP contribution is 2.24. The molecule has 0 aliphatic carbocycles. The van der Waals surface area contributed by atoms with Crippen LogP contribution in [-0.2, 0) is 9.84 Å². The SMILES string of the molecule is C=C(/C=C(/NC(CCC)CCC)n1ncc(Br)c1C)c1ccccc1C.Cc1ccc(S(C)(=O)=O)c(O)c1. The lowest BCUT2D eigenvalue weighted by molar-refractivity contribution is 0.458. The third kappa shape index (κ3) is 8.88. The number of aryl methyl sites for hydroxylation is 2. The van der Waals surface area contributed by atoms with E-state index in [0.717, 1.165) is 59.1 Å². The van der Waals surface area contributed by atoms with Gasteiger partial charge in [-0.25, -0.2) is 13.1 Å². The van der Waals surface area contributed by atoms with Gasteiger partial charge in [-0.3, -0.25) is 0 Å². The Morgan fingerprint density at radius 2 is 1.76 bits per heavy atom. The van der Waals surface area contributed by atoms with E-state index in [2.05, 4.69) is 91.0 Å². The normalized spacial score (nSPS) is 11.7. The number of phenolic OH excluding ortho intramolecular Hbond substituents is 1. The van der Waals surface area contributed by atoms with Crippen LogP contribution < -0.4 is 5.32 Å². The van der Waals surface area contributed by atoms with Crippen molar-refractivity contribution in [3.63, 3.8) is 0 Å². The minimum absolute atomic E-state index is 0.0203. The van der Waals surface area contributed by atoms with Crippen LogP contribution in [0.4, 0.5) is 0 Å². The Kier molecular flexibility index (Phi) is 11.9. The summed E-state index contributed by atoms with van der Waals surface area (Å²) in [6, 6.07) is 13.3. The van der Waals surface area contributed by atoms with Gasteiger partial charge in [0.15, 0.2) is 9.84 Å². The molecule has 206 valence electrons. The molecule has 0 saturated heterocycles. The van der Waals surface area contributed by atoms with Gasteiger partial charge in [0.25, 0.3) is 0 Å². The molecule has 0 unspecified atom stereocenters. The number of aromatic nitrogens is 2. The van der Waals surface area contributed by atoms with Crippen molar-refractivity contribution < 1.29 is 13.5 Å². The molecule has 8 heteroatoms. The molecule has 0 atom stereocenters. The average molecular weight is 603 g/mol. The van der Waals surface area contributed by atoms with Crippen LogP contribution in [-0.4, -0.2) is 35.6 Å². The van der Waals surface area contributed by atoms with Crippen molar-refractivity contribution in [2.45, 2.75) is 71.2 Å². The smallest absolute Gasteiger partial charge is 0.179 e. The highest BCUT2D eigenvalue weighted by atomic mass is 79.9. The van der Waals surface area contributed by atoms with Crippen LogP contribution in [0.3, 0.4) is 0 Å². The standard InChI is InChI=1S/C22H30BrN3.C8H10O3S/c1-6-10-19(11-7-2)25-22(26-18(5)21(23)15-24-26)14-17(4)20-13-9-8-12-16(20)3;1-6-3-4-8(7(9)5-6)12(2,10)11/h8-9,12-15,19,25H,4,6-7,10-11H2,1-3,5H3;3-5,9H,1-2H3/b22-14-;. The molecule has 3 aromatic rings. The maximum Gasteiger partial charge on any atom is 0.179 e. The zero-order chi connectivity index (χ0) is 28.5. The molecular formula is C30H40BrN3O3S. The second-order valence-corrected chi connectivity index (χ2v) is 12.4.